The molecule has 4 aromatic rings. The first kappa shape index (κ1) is 14.4. The van der Waals surface area contributed by atoms with Crippen molar-refractivity contribution >= 4 is 27.9 Å². The van der Waals surface area contributed by atoms with Gasteiger partial charge in [0.2, 0.25) is 0 Å². The highest BCUT2D eigenvalue weighted by atomic mass is 32.1. The lowest BCUT2D eigenvalue weighted by atomic mass is 10.1. The molecular weight excluding hydrogens is 336 g/mol. The molecule has 1 aliphatic rings. The second kappa shape index (κ2) is 5.56. The third-order valence-electron chi connectivity index (χ3n) is 4.33. The quantitative estimate of drug-likeness (QED) is 0.599. The Morgan fingerprint density at radius 1 is 1.28 bits per heavy atom. The molecule has 5 rings (SSSR count). The number of fused-ring (bicyclic) bond motifs is 1. The first-order chi connectivity index (χ1) is 12.3. The molecule has 0 atom stereocenters. The maximum absolute atomic E-state index is 12.9. The van der Waals surface area contributed by atoms with Crippen molar-refractivity contribution in [2.45, 2.75) is 18.8 Å². The number of imidazole rings is 1. The van der Waals surface area contributed by atoms with Crippen molar-refractivity contribution < 1.29 is 9.21 Å². The van der Waals surface area contributed by atoms with Crippen molar-refractivity contribution in [2.24, 2.45) is 0 Å². The maximum Gasteiger partial charge on any atom is 0.274 e. The zero-order chi connectivity index (χ0) is 16.8. The molecule has 6 nitrogen and oxygen atoms in total. The smallest absolute Gasteiger partial charge is 0.274 e. The molecule has 0 radical (unpaired) electrons. The van der Waals surface area contributed by atoms with Crippen LogP contribution in [-0.4, -0.2) is 20.3 Å². The van der Waals surface area contributed by atoms with Crippen molar-refractivity contribution in [1.29, 1.82) is 0 Å². The summed E-state index contributed by atoms with van der Waals surface area (Å²) in [5.41, 5.74) is 3.22. The number of aromatic nitrogens is 3. The summed E-state index contributed by atoms with van der Waals surface area (Å²) in [7, 11) is 0. The number of carbonyl (C=O) groups is 1. The Balaban J connectivity index is 1.44. The van der Waals surface area contributed by atoms with Gasteiger partial charge in [-0.15, -0.1) is 11.3 Å². The zero-order valence-electron chi connectivity index (χ0n) is 13.2. The standard InChI is InChI=1S/C18H14N4O2S/c23-17(16-15(12-1-2-12)21-18-22(16)7-8-25-18)20-13-5-3-11(4-6-13)14-9-19-10-24-14/h3-10,12H,1-2H2,(H,20,23). The van der Waals surface area contributed by atoms with Crippen molar-refractivity contribution in [3.8, 4) is 11.3 Å². The summed E-state index contributed by atoms with van der Waals surface area (Å²) >= 11 is 1.55. The van der Waals surface area contributed by atoms with Crippen LogP contribution in [0.1, 0.15) is 34.9 Å². The molecule has 7 heteroatoms. The topological polar surface area (TPSA) is 72.4 Å². The van der Waals surface area contributed by atoms with Crippen LogP contribution in [0, 0.1) is 0 Å². The molecule has 0 spiro atoms. The van der Waals surface area contributed by atoms with E-state index in [1.165, 1.54) is 6.39 Å². The van der Waals surface area contributed by atoms with Gasteiger partial charge in [-0.3, -0.25) is 9.20 Å². The van der Waals surface area contributed by atoms with E-state index >= 15 is 0 Å². The minimum Gasteiger partial charge on any atom is -0.444 e. The van der Waals surface area contributed by atoms with Crippen molar-refractivity contribution in [1.82, 2.24) is 14.4 Å². The summed E-state index contributed by atoms with van der Waals surface area (Å²) in [6.45, 7) is 0. The van der Waals surface area contributed by atoms with Gasteiger partial charge in [0.1, 0.15) is 5.69 Å². The second-order valence-corrected chi connectivity index (χ2v) is 6.95. The fraction of sp³-hybridized carbons (Fsp3) is 0.167. The lowest BCUT2D eigenvalue weighted by Crippen LogP contribution is -2.15. The molecule has 25 heavy (non-hydrogen) atoms. The van der Waals surface area contributed by atoms with Crippen LogP contribution < -0.4 is 5.32 Å². The van der Waals surface area contributed by atoms with E-state index in [9.17, 15) is 4.79 Å². The number of hydrogen-bond acceptors (Lipinski definition) is 5. The summed E-state index contributed by atoms with van der Waals surface area (Å²) in [5, 5.41) is 4.93. The molecule has 1 aromatic carbocycles. The number of carbonyl (C=O) groups excluding carboxylic acids is 1. The van der Waals surface area contributed by atoms with E-state index < -0.39 is 0 Å². The molecule has 0 bridgehead atoms. The van der Waals surface area contributed by atoms with E-state index in [0.717, 1.165) is 34.7 Å². The van der Waals surface area contributed by atoms with E-state index in [1.54, 1.807) is 17.5 Å². The van der Waals surface area contributed by atoms with Crippen molar-refractivity contribution in [2.75, 3.05) is 5.32 Å². The maximum atomic E-state index is 12.9. The van der Waals surface area contributed by atoms with Gasteiger partial charge in [-0.05, 0) is 37.1 Å². The first-order valence-electron chi connectivity index (χ1n) is 8.05. The van der Waals surface area contributed by atoms with Crippen LogP contribution in [0.25, 0.3) is 16.3 Å². The largest absolute Gasteiger partial charge is 0.444 e. The third kappa shape index (κ3) is 2.53. The highest BCUT2D eigenvalue weighted by molar-refractivity contribution is 7.15. The Morgan fingerprint density at radius 2 is 2.12 bits per heavy atom. The fourth-order valence-electron chi connectivity index (χ4n) is 2.94. The van der Waals surface area contributed by atoms with E-state index in [0.29, 0.717) is 17.4 Å². The van der Waals surface area contributed by atoms with E-state index in [2.05, 4.69) is 15.3 Å². The Bertz CT molecular complexity index is 1040. The highest BCUT2D eigenvalue weighted by Crippen LogP contribution is 2.42. The zero-order valence-corrected chi connectivity index (χ0v) is 14.0. The summed E-state index contributed by atoms with van der Waals surface area (Å²) in [6.07, 6.45) is 7.18. The molecule has 124 valence electrons. The number of oxazole rings is 1. The Morgan fingerprint density at radius 3 is 2.84 bits per heavy atom. The predicted molar refractivity (Wildman–Crippen MR) is 94.9 cm³/mol. The summed E-state index contributed by atoms with van der Waals surface area (Å²) < 4.78 is 7.16. The van der Waals surface area contributed by atoms with Gasteiger partial charge in [0.05, 0.1) is 11.9 Å². The first-order valence-corrected chi connectivity index (χ1v) is 8.93. The third-order valence-corrected chi connectivity index (χ3v) is 5.08. The van der Waals surface area contributed by atoms with E-state index in [4.69, 9.17) is 4.42 Å². The van der Waals surface area contributed by atoms with Crippen molar-refractivity contribution in [3.63, 3.8) is 0 Å². The van der Waals surface area contributed by atoms with Gasteiger partial charge in [0.25, 0.3) is 5.91 Å². The number of rotatable bonds is 4. The average molecular weight is 350 g/mol. The van der Waals surface area contributed by atoms with E-state index in [1.807, 2.05) is 40.2 Å². The summed E-state index contributed by atoms with van der Waals surface area (Å²) in [4.78, 5) is 22.3. The van der Waals surface area contributed by atoms with Crippen LogP contribution in [0.15, 0.2) is 52.9 Å². The molecule has 1 N–H and O–H groups in total. The van der Waals surface area contributed by atoms with Crippen LogP contribution >= 0.6 is 11.3 Å². The van der Waals surface area contributed by atoms with Gasteiger partial charge in [0.15, 0.2) is 17.1 Å². The van der Waals surface area contributed by atoms with Gasteiger partial charge in [-0.25, -0.2) is 9.97 Å². The molecule has 1 fully saturated rings. The minimum absolute atomic E-state index is 0.125. The number of amides is 1. The van der Waals surface area contributed by atoms with Gasteiger partial charge in [-0.1, -0.05) is 0 Å². The molecule has 1 aliphatic carbocycles. The number of nitrogens with zero attached hydrogens (tertiary/aromatic N) is 3. The average Bonchev–Trinajstić information content (AvgIpc) is 3.01. The van der Waals surface area contributed by atoms with Gasteiger partial charge in [0, 0.05) is 28.7 Å². The number of benzene rings is 1. The molecule has 0 aliphatic heterocycles. The van der Waals surface area contributed by atoms with Gasteiger partial charge < -0.3 is 9.73 Å². The van der Waals surface area contributed by atoms with E-state index in [-0.39, 0.29) is 5.91 Å². The van der Waals surface area contributed by atoms with Crippen molar-refractivity contribution in [3.05, 3.63) is 59.8 Å². The molecule has 0 saturated heterocycles. The van der Waals surface area contributed by atoms with Crippen LogP contribution in [0.3, 0.4) is 0 Å². The molecular formula is C18H14N4O2S. The minimum atomic E-state index is -0.125. The summed E-state index contributed by atoms with van der Waals surface area (Å²) in [5.74, 6) is 0.992. The lowest BCUT2D eigenvalue weighted by Gasteiger charge is -2.07. The number of thiazole rings is 1. The second-order valence-electron chi connectivity index (χ2n) is 6.07. The molecule has 1 saturated carbocycles. The Labute approximate surface area is 147 Å². The van der Waals surface area contributed by atoms with Crippen LogP contribution in [0.4, 0.5) is 5.69 Å². The predicted octanol–water partition coefficient (Wildman–Crippen LogP) is 4.18. The SMILES string of the molecule is O=C(Nc1ccc(-c2cnco2)cc1)c1c(C2CC2)nc2sccn12. The lowest BCUT2D eigenvalue weighted by molar-refractivity contribution is 0.102. The normalized spacial score (nSPS) is 14.1. The molecule has 0 unspecified atom stereocenters. The number of nitrogens with one attached hydrogen (secondary N) is 1. The number of hydrogen-bond donors (Lipinski definition) is 1. The fourth-order valence-corrected chi connectivity index (χ4v) is 3.66. The molecule has 3 aromatic heterocycles. The highest BCUT2D eigenvalue weighted by Gasteiger charge is 2.32. The summed E-state index contributed by atoms with van der Waals surface area (Å²) in [6, 6.07) is 7.51. The Hall–Kier alpha value is -2.93. The molecule has 3 heterocycles. The van der Waals surface area contributed by atoms with Gasteiger partial charge >= 0.3 is 0 Å². The molecule has 1 amide bonds. The Kier molecular flexibility index (Phi) is 3.21. The van der Waals surface area contributed by atoms with Crippen LogP contribution in [-0.2, 0) is 0 Å². The monoisotopic (exact) mass is 350 g/mol. The van der Waals surface area contributed by atoms with Gasteiger partial charge in [-0.2, -0.15) is 0 Å². The number of anilines is 1. The van der Waals surface area contributed by atoms with Crippen LogP contribution in [0.5, 0.6) is 0 Å². The van der Waals surface area contributed by atoms with Crippen LogP contribution in [0.2, 0.25) is 0 Å².